The van der Waals surface area contributed by atoms with E-state index in [4.69, 9.17) is 0 Å². The van der Waals surface area contributed by atoms with Crippen LogP contribution in [-0.2, 0) is 0 Å². The first kappa shape index (κ1) is 10.8. The molecule has 1 saturated heterocycles. The lowest BCUT2D eigenvalue weighted by molar-refractivity contribution is 0.0753. The lowest BCUT2D eigenvalue weighted by Gasteiger charge is -2.36. The van der Waals surface area contributed by atoms with Crippen LogP contribution in [0.25, 0.3) is 0 Å². The molecular weight excluding hydrogens is 194 g/mol. The van der Waals surface area contributed by atoms with Crippen molar-refractivity contribution in [3.05, 3.63) is 0 Å². The Balaban J connectivity index is 1.88. The van der Waals surface area contributed by atoms with Crippen molar-refractivity contribution in [1.29, 1.82) is 0 Å². The fourth-order valence-electron chi connectivity index (χ4n) is 2.45. The number of aliphatic hydroxyl groups is 1. The number of aliphatic hydroxyl groups excluding tert-OH is 1. The summed E-state index contributed by atoms with van der Waals surface area (Å²) in [6, 6.07) is 0.432. The summed E-state index contributed by atoms with van der Waals surface area (Å²) in [6.07, 6.45) is 6.45. The van der Waals surface area contributed by atoms with Gasteiger partial charge < -0.3 is 5.11 Å². The van der Waals surface area contributed by atoms with E-state index in [0.717, 1.165) is 5.75 Å². The molecular formula is C11H21NOS. The summed E-state index contributed by atoms with van der Waals surface area (Å²) < 4.78 is 0. The molecule has 0 aromatic carbocycles. The van der Waals surface area contributed by atoms with Gasteiger partial charge in [0, 0.05) is 12.6 Å². The smallest absolute Gasteiger partial charge is 0.0586 e. The van der Waals surface area contributed by atoms with Crippen molar-refractivity contribution in [1.82, 2.24) is 4.90 Å². The molecule has 2 rings (SSSR count). The number of thiol groups is 1. The molecule has 82 valence electrons. The molecule has 0 aromatic rings. The molecule has 2 nitrogen and oxygen atoms in total. The number of rotatable bonds is 4. The van der Waals surface area contributed by atoms with Crippen LogP contribution in [0.1, 0.15) is 32.1 Å². The average molecular weight is 215 g/mol. The third kappa shape index (κ3) is 2.26. The minimum atomic E-state index is 0.336. The molecule has 0 radical (unpaired) electrons. The van der Waals surface area contributed by atoms with Crippen molar-refractivity contribution >= 4 is 12.6 Å². The quantitative estimate of drug-likeness (QED) is 0.695. The van der Waals surface area contributed by atoms with E-state index in [1.807, 2.05) is 0 Å². The van der Waals surface area contributed by atoms with E-state index < -0.39 is 0 Å². The molecule has 1 N–H and O–H groups in total. The lowest BCUT2D eigenvalue weighted by Crippen LogP contribution is -2.45. The van der Waals surface area contributed by atoms with Gasteiger partial charge in [-0.1, -0.05) is 6.42 Å². The molecule has 2 fully saturated rings. The molecule has 0 amide bonds. The molecule has 0 aromatic heterocycles. The largest absolute Gasteiger partial charge is 0.395 e. The predicted molar refractivity (Wildman–Crippen MR) is 61.8 cm³/mol. The summed E-state index contributed by atoms with van der Waals surface area (Å²) in [7, 11) is 0. The van der Waals surface area contributed by atoms with Gasteiger partial charge in [0.2, 0.25) is 0 Å². The van der Waals surface area contributed by atoms with E-state index in [1.165, 1.54) is 45.2 Å². The highest BCUT2D eigenvalue weighted by Gasteiger charge is 2.43. The zero-order valence-corrected chi connectivity index (χ0v) is 9.68. The molecule has 2 aliphatic rings. The summed E-state index contributed by atoms with van der Waals surface area (Å²) in [6.45, 7) is 2.69. The first-order valence-corrected chi connectivity index (χ1v) is 6.39. The second-order valence-corrected chi connectivity index (χ2v) is 5.28. The fraction of sp³-hybridized carbons (Fsp3) is 1.00. The van der Waals surface area contributed by atoms with Gasteiger partial charge in [0.15, 0.2) is 0 Å². The van der Waals surface area contributed by atoms with E-state index in [9.17, 15) is 5.11 Å². The maximum Gasteiger partial charge on any atom is 0.0586 e. The normalized spacial score (nSPS) is 31.7. The van der Waals surface area contributed by atoms with Gasteiger partial charge >= 0.3 is 0 Å². The first-order valence-electron chi connectivity index (χ1n) is 5.75. The molecule has 0 spiro atoms. The van der Waals surface area contributed by atoms with E-state index >= 15 is 0 Å². The Labute approximate surface area is 92.1 Å². The van der Waals surface area contributed by atoms with Gasteiger partial charge in [-0.05, 0) is 43.4 Å². The number of hydrogen-bond acceptors (Lipinski definition) is 3. The SMILES string of the molecule is OCC1CCCCN1CC1(CS)CC1. The topological polar surface area (TPSA) is 23.5 Å². The molecule has 1 heterocycles. The second-order valence-electron chi connectivity index (χ2n) is 4.96. The van der Waals surface area contributed by atoms with E-state index in [2.05, 4.69) is 17.5 Å². The molecule has 3 heteroatoms. The molecule has 1 aliphatic heterocycles. The minimum Gasteiger partial charge on any atom is -0.395 e. The van der Waals surface area contributed by atoms with Crippen LogP contribution < -0.4 is 0 Å². The van der Waals surface area contributed by atoms with Gasteiger partial charge in [-0.2, -0.15) is 12.6 Å². The summed E-state index contributed by atoms with van der Waals surface area (Å²) in [4.78, 5) is 2.49. The maximum atomic E-state index is 9.29. The summed E-state index contributed by atoms with van der Waals surface area (Å²) >= 11 is 4.43. The zero-order chi connectivity index (χ0) is 10.0. The van der Waals surface area contributed by atoms with Crippen LogP contribution in [0.2, 0.25) is 0 Å². The second kappa shape index (κ2) is 4.42. The first-order chi connectivity index (χ1) is 6.79. The van der Waals surface area contributed by atoms with Gasteiger partial charge in [0.1, 0.15) is 0 Å². The van der Waals surface area contributed by atoms with Crippen LogP contribution in [0.3, 0.4) is 0 Å². The molecule has 0 bridgehead atoms. The Morgan fingerprint density at radius 1 is 1.36 bits per heavy atom. The number of likely N-dealkylation sites (tertiary alicyclic amines) is 1. The standard InChI is InChI=1S/C11H21NOS/c13-7-10-3-1-2-6-12(10)8-11(9-14)4-5-11/h10,13-14H,1-9H2. The summed E-state index contributed by atoms with van der Waals surface area (Å²) in [5, 5.41) is 9.29. The van der Waals surface area contributed by atoms with Crippen LogP contribution in [0.15, 0.2) is 0 Å². The van der Waals surface area contributed by atoms with Crippen LogP contribution in [0.5, 0.6) is 0 Å². The third-order valence-electron chi connectivity index (χ3n) is 3.79. The van der Waals surface area contributed by atoms with Crippen molar-refractivity contribution in [3.8, 4) is 0 Å². The van der Waals surface area contributed by atoms with Gasteiger partial charge in [-0.25, -0.2) is 0 Å². The summed E-state index contributed by atoms with van der Waals surface area (Å²) in [5.74, 6) is 1.02. The third-order valence-corrected chi connectivity index (χ3v) is 4.46. The monoisotopic (exact) mass is 215 g/mol. The summed E-state index contributed by atoms with van der Waals surface area (Å²) in [5.41, 5.74) is 0.508. The van der Waals surface area contributed by atoms with E-state index in [1.54, 1.807) is 0 Å². The molecule has 14 heavy (non-hydrogen) atoms. The van der Waals surface area contributed by atoms with Gasteiger partial charge in [-0.15, -0.1) is 0 Å². The molecule has 1 unspecified atom stereocenters. The highest BCUT2D eigenvalue weighted by Crippen LogP contribution is 2.47. The van der Waals surface area contributed by atoms with E-state index in [0.29, 0.717) is 18.1 Å². The highest BCUT2D eigenvalue weighted by atomic mass is 32.1. The van der Waals surface area contributed by atoms with Crippen LogP contribution in [0, 0.1) is 5.41 Å². The Morgan fingerprint density at radius 3 is 2.71 bits per heavy atom. The minimum absolute atomic E-state index is 0.336. The van der Waals surface area contributed by atoms with Gasteiger partial charge in [0.25, 0.3) is 0 Å². The molecule has 1 atom stereocenters. The van der Waals surface area contributed by atoms with Crippen molar-refractivity contribution in [3.63, 3.8) is 0 Å². The Bertz CT molecular complexity index is 194. The Hall–Kier alpha value is 0.270. The van der Waals surface area contributed by atoms with Crippen molar-refractivity contribution in [2.75, 3.05) is 25.4 Å². The molecule has 1 saturated carbocycles. The maximum absolute atomic E-state index is 9.29. The average Bonchev–Trinajstić information content (AvgIpc) is 2.99. The van der Waals surface area contributed by atoms with Gasteiger partial charge in [0.05, 0.1) is 6.61 Å². The lowest BCUT2D eigenvalue weighted by atomic mass is 10.00. The van der Waals surface area contributed by atoms with Gasteiger partial charge in [-0.3, -0.25) is 4.90 Å². The highest BCUT2D eigenvalue weighted by molar-refractivity contribution is 7.80. The molecule has 1 aliphatic carbocycles. The number of nitrogens with zero attached hydrogens (tertiary/aromatic N) is 1. The number of hydrogen-bond donors (Lipinski definition) is 2. The van der Waals surface area contributed by atoms with E-state index in [-0.39, 0.29) is 0 Å². The predicted octanol–water partition coefficient (Wildman–Crippen LogP) is 1.54. The van der Waals surface area contributed by atoms with Crippen molar-refractivity contribution < 1.29 is 5.11 Å². The Kier molecular flexibility index (Phi) is 3.40. The van der Waals surface area contributed by atoms with Crippen LogP contribution in [-0.4, -0.2) is 41.5 Å². The van der Waals surface area contributed by atoms with Crippen LogP contribution in [0.4, 0.5) is 0 Å². The number of piperidine rings is 1. The fourth-order valence-corrected chi connectivity index (χ4v) is 2.86. The Morgan fingerprint density at radius 2 is 2.14 bits per heavy atom. The zero-order valence-electron chi connectivity index (χ0n) is 8.78. The van der Waals surface area contributed by atoms with Crippen molar-refractivity contribution in [2.45, 2.75) is 38.1 Å². The van der Waals surface area contributed by atoms with Crippen LogP contribution >= 0.6 is 12.6 Å². The van der Waals surface area contributed by atoms with Crippen molar-refractivity contribution in [2.24, 2.45) is 5.41 Å².